The van der Waals surface area contributed by atoms with Gasteiger partial charge in [0, 0.05) is 6.07 Å². The molecule has 1 radical (unpaired) electrons. The fourth-order valence-electron chi connectivity index (χ4n) is 0.384. The Balaban J connectivity index is 2.85. The van der Waals surface area contributed by atoms with E-state index in [0.29, 0.717) is 5.82 Å². The molecule has 9 heavy (non-hydrogen) atoms. The van der Waals surface area contributed by atoms with Gasteiger partial charge in [0.15, 0.2) is 0 Å². The van der Waals surface area contributed by atoms with E-state index in [2.05, 4.69) is 10.2 Å². The van der Waals surface area contributed by atoms with Crippen molar-refractivity contribution >= 4 is 29.4 Å². The molecule has 0 N–H and O–H groups in total. The van der Waals surface area contributed by atoms with Gasteiger partial charge in [-0.1, -0.05) is 5.10 Å². The molecule has 0 aliphatic rings. The van der Waals surface area contributed by atoms with Gasteiger partial charge in [-0.15, -0.1) is 0 Å². The second-order valence-electron chi connectivity index (χ2n) is 1.31. The highest BCUT2D eigenvalue weighted by Gasteiger charge is 2.14. The van der Waals surface area contributed by atoms with Crippen LogP contribution in [0.1, 0.15) is 0 Å². The summed E-state index contributed by atoms with van der Waals surface area (Å²) in [6.45, 7) is 0. The molecule has 0 bridgehead atoms. The lowest BCUT2D eigenvalue weighted by Crippen LogP contribution is -1.96. The second kappa shape index (κ2) is 2.96. The van der Waals surface area contributed by atoms with Gasteiger partial charge in [-0.05, 0) is 6.07 Å². The van der Waals surface area contributed by atoms with E-state index < -0.39 is 0 Å². The van der Waals surface area contributed by atoms with Gasteiger partial charge in [-0.3, -0.25) is 0 Å². The summed E-state index contributed by atoms with van der Waals surface area (Å²) < 4.78 is 0.854. The minimum atomic E-state index is 0.417. The Kier molecular flexibility index (Phi) is 2.22. The summed E-state index contributed by atoms with van der Waals surface area (Å²) in [7, 11) is 0. The van der Waals surface area contributed by atoms with E-state index in [1.165, 1.54) is 0 Å². The standard InChI is InChI=1S/C4H3Cl2N3/c5-9(6)4-2-1-3-7-8-4/h1-3H/q+1. The van der Waals surface area contributed by atoms with Crippen molar-refractivity contribution in [1.82, 2.24) is 14.1 Å². The maximum atomic E-state index is 5.30. The molecule has 47 valence electrons. The Morgan fingerprint density at radius 3 is 2.56 bits per heavy atom. The third kappa shape index (κ3) is 1.78. The predicted octanol–water partition coefficient (Wildman–Crippen LogP) is 1.56. The first-order chi connectivity index (χ1) is 4.30. The Morgan fingerprint density at radius 2 is 2.22 bits per heavy atom. The van der Waals surface area contributed by atoms with E-state index in [1.807, 2.05) is 0 Å². The lowest BCUT2D eigenvalue weighted by molar-refractivity contribution is 0.969. The first-order valence-corrected chi connectivity index (χ1v) is 2.87. The van der Waals surface area contributed by atoms with Crippen molar-refractivity contribution in [2.45, 2.75) is 0 Å². The van der Waals surface area contributed by atoms with Crippen LogP contribution < -0.4 is 3.94 Å². The third-order valence-electron chi connectivity index (χ3n) is 0.731. The average molecular weight is 164 g/mol. The number of aromatic nitrogens is 2. The van der Waals surface area contributed by atoms with E-state index in [4.69, 9.17) is 23.6 Å². The van der Waals surface area contributed by atoms with Gasteiger partial charge in [0.05, 0.1) is 6.20 Å². The van der Waals surface area contributed by atoms with Crippen molar-refractivity contribution in [2.24, 2.45) is 0 Å². The summed E-state index contributed by atoms with van der Waals surface area (Å²) in [6.07, 6.45) is 1.54. The molecular formula is C4H3Cl2N3+. The van der Waals surface area contributed by atoms with Crippen LogP contribution >= 0.6 is 23.6 Å². The van der Waals surface area contributed by atoms with Gasteiger partial charge >= 0.3 is 5.82 Å². The van der Waals surface area contributed by atoms with Gasteiger partial charge in [-0.25, -0.2) is 0 Å². The molecule has 3 nitrogen and oxygen atoms in total. The van der Waals surface area contributed by atoms with Crippen molar-refractivity contribution in [3.05, 3.63) is 18.3 Å². The van der Waals surface area contributed by atoms with Crippen LogP contribution in [0.5, 0.6) is 0 Å². The smallest absolute Gasteiger partial charge is 0.153 e. The number of rotatable bonds is 1. The van der Waals surface area contributed by atoms with Crippen molar-refractivity contribution in [2.75, 3.05) is 0 Å². The van der Waals surface area contributed by atoms with Crippen LogP contribution in [0, 0.1) is 0 Å². The van der Waals surface area contributed by atoms with Crippen molar-refractivity contribution in [3.63, 3.8) is 0 Å². The Labute approximate surface area is 62.4 Å². The fourth-order valence-corrected chi connectivity index (χ4v) is 0.564. The number of hydrogen-bond acceptors (Lipinski definition) is 3. The predicted molar refractivity (Wildman–Crippen MR) is 35.5 cm³/mol. The third-order valence-corrected chi connectivity index (χ3v) is 1.08. The maximum Gasteiger partial charge on any atom is 0.337 e. The highest BCUT2D eigenvalue weighted by atomic mass is 35.5. The quantitative estimate of drug-likeness (QED) is 0.589. The minimum Gasteiger partial charge on any atom is -0.153 e. The summed E-state index contributed by atoms with van der Waals surface area (Å²) in [4.78, 5) is 0. The van der Waals surface area contributed by atoms with Crippen LogP contribution in [0.2, 0.25) is 0 Å². The zero-order chi connectivity index (χ0) is 6.69. The molecule has 1 rings (SSSR count). The normalized spacial score (nSPS) is 10.1. The molecule has 0 fully saturated rings. The van der Waals surface area contributed by atoms with E-state index in [-0.39, 0.29) is 0 Å². The molecule has 1 aromatic heterocycles. The number of nitrogens with zero attached hydrogens (tertiary/aromatic N) is 3. The van der Waals surface area contributed by atoms with Crippen LogP contribution in [-0.4, -0.2) is 10.2 Å². The summed E-state index contributed by atoms with van der Waals surface area (Å²) in [5, 5.41) is 7.14. The molecule has 1 aromatic rings. The van der Waals surface area contributed by atoms with Gasteiger partial charge in [0.25, 0.3) is 23.6 Å². The average Bonchev–Trinajstić information content (AvgIpc) is 1.90. The number of halogens is 2. The highest BCUT2D eigenvalue weighted by Crippen LogP contribution is 2.11. The van der Waals surface area contributed by atoms with Crippen LogP contribution in [0.4, 0.5) is 5.82 Å². The molecule has 0 aliphatic carbocycles. The van der Waals surface area contributed by atoms with E-state index in [1.54, 1.807) is 18.3 Å². The maximum absolute atomic E-state index is 5.30. The van der Waals surface area contributed by atoms with Crippen molar-refractivity contribution in [3.8, 4) is 0 Å². The van der Waals surface area contributed by atoms with Crippen LogP contribution in [0.15, 0.2) is 18.3 Å². The van der Waals surface area contributed by atoms with Gasteiger partial charge in [-0.2, -0.15) is 5.10 Å². The van der Waals surface area contributed by atoms with Gasteiger partial charge < -0.3 is 0 Å². The molecule has 0 aromatic carbocycles. The summed E-state index contributed by atoms with van der Waals surface area (Å²) in [5.74, 6) is 0.417. The SMILES string of the molecule is Cl[N+](Cl)c1cccnn1. The summed E-state index contributed by atoms with van der Waals surface area (Å²) in [5.41, 5.74) is 0. The highest BCUT2D eigenvalue weighted by molar-refractivity contribution is 6.39. The number of hydrogen-bond donors (Lipinski definition) is 0. The molecule has 0 aliphatic heterocycles. The zero-order valence-electron chi connectivity index (χ0n) is 4.33. The molecule has 0 saturated heterocycles. The zero-order valence-corrected chi connectivity index (χ0v) is 5.84. The van der Waals surface area contributed by atoms with Crippen LogP contribution in [0.25, 0.3) is 0 Å². The molecular weight excluding hydrogens is 161 g/mol. The van der Waals surface area contributed by atoms with E-state index in [9.17, 15) is 0 Å². The van der Waals surface area contributed by atoms with E-state index >= 15 is 0 Å². The largest absolute Gasteiger partial charge is 0.337 e. The monoisotopic (exact) mass is 163 g/mol. The Bertz CT molecular complexity index is 176. The van der Waals surface area contributed by atoms with Crippen LogP contribution in [0.3, 0.4) is 0 Å². The number of anilines is 1. The first kappa shape index (κ1) is 6.74. The molecule has 0 amide bonds. The lowest BCUT2D eigenvalue weighted by atomic mass is 10.6. The summed E-state index contributed by atoms with van der Waals surface area (Å²) >= 11 is 10.6. The molecule has 0 atom stereocenters. The van der Waals surface area contributed by atoms with Gasteiger partial charge in [0.1, 0.15) is 3.94 Å². The molecule has 5 heteroatoms. The second-order valence-corrected chi connectivity index (χ2v) is 2.16. The minimum absolute atomic E-state index is 0.417. The fraction of sp³-hybridized carbons (Fsp3) is 0. The Morgan fingerprint density at radius 1 is 1.44 bits per heavy atom. The van der Waals surface area contributed by atoms with Crippen LogP contribution in [-0.2, 0) is 0 Å². The molecule has 0 saturated carbocycles. The topological polar surface area (TPSA) is 31.7 Å². The molecule has 0 unspecified atom stereocenters. The molecule has 0 spiro atoms. The van der Waals surface area contributed by atoms with E-state index in [0.717, 1.165) is 3.94 Å². The van der Waals surface area contributed by atoms with Crippen molar-refractivity contribution < 1.29 is 0 Å². The lowest BCUT2D eigenvalue weighted by Gasteiger charge is -1.83. The van der Waals surface area contributed by atoms with Crippen molar-refractivity contribution in [1.29, 1.82) is 0 Å². The first-order valence-electron chi connectivity index (χ1n) is 2.20. The van der Waals surface area contributed by atoms with Gasteiger partial charge in [0.2, 0.25) is 0 Å². The summed E-state index contributed by atoms with van der Waals surface area (Å²) in [6, 6.07) is 3.34. The Hall–Kier alpha value is -0.380. The molecule has 1 heterocycles.